The van der Waals surface area contributed by atoms with Gasteiger partial charge in [0.05, 0.1) is 4.90 Å². The highest BCUT2D eigenvalue weighted by Crippen LogP contribution is 2.19. The fourth-order valence-corrected chi connectivity index (χ4v) is 2.03. The Morgan fingerprint density at radius 3 is 2.33 bits per heavy atom. The summed E-state index contributed by atoms with van der Waals surface area (Å²) < 4.78 is 22.3. The molecule has 0 bridgehead atoms. The highest BCUT2D eigenvalue weighted by molar-refractivity contribution is 7.90. The lowest BCUT2D eigenvalue weighted by Gasteiger charge is -2.04. The molecule has 2 N–H and O–H groups in total. The first-order chi connectivity index (χ1) is 5.43. The minimum Gasteiger partial charge on any atom is -0.398 e. The molecule has 0 aliphatic heterocycles. The summed E-state index contributed by atoms with van der Waals surface area (Å²) >= 11 is 0. The largest absolute Gasteiger partial charge is 0.398 e. The van der Waals surface area contributed by atoms with Crippen molar-refractivity contribution in [2.45, 2.75) is 11.8 Å². The predicted molar refractivity (Wildman–Crippen MR) is 48.7 cm³/mol. The average molecular weight is 185 g/mol. The highest BCUT2D eigenvalue weighted by atomic mass is 32.2. The maximum Gasteiger partial charge on any atom is 0.175 e. The van der Waals surface area contributed by atoms with Gasteiger partial charge < -0.3 is 5.73 Å². The zero-order chi connectivity index (χ0) is 9.35. The molecule has 1 rings (SSSR count). The van der Waals surface area contributed by atoms with Crippen LogP contribution in [0.2, 0.25) is 0 Å². The molecule has 4 heteroatoms. The molecule has 0 atom stereocenters. The Bertz CT molecular complexity index is 396. The molecule has 1 aromatic carbocycles. The van der Waals surface area contributed by atoms with Gasteiger partial charge in [-0.25, -0.2) is 8.42 Å². The number of sulfone groups is 1. The van der Waals surface area contributed by atoms with Crippen LogP contribution in [0, 0.1) is 6.92 Å². The first kappa shape index (κ1) is 9.06. The lowest BCUT2D eigenvalue weighted by Crippen LogP contribution is -2.02. The third-order valence-electron chi connectivity index (χ3n) is 1.73. The van der Waals surface area contributed by atoms with Crippen molar-refractivity contribution in [3.63, 3.8) is 0 Å². The van der Waals surface area contributed by atoms with Crippen LogP contribution >= 0.6 is 0 Å². The van der Waals surface area contributed by atoms with Crippen molar-refractivity contribution in [1.82, 2.24) is 0 Å². The molecular weight excluding hydrogens is 174 g/mol. The first-order valence-corrected chi connectivity index (χ1v) is 5.37. The van der Waals surface area contributed by atoms with E-state index in [1.807, 2.05) is 0 Å². The standard InChI is InChI=1S/C8H11NO2S/c1-6-7(9)4-3-5-8(6)12(2,10)11/h3-5H,9H2,1-2H3. The number of anilines is 1. The van der Waals surface area contributed by atoms with E-state index in [2.05, 4.69) is 0 Å². The van der Waals surface area contributed by atoms with E-state index in [0.29, 0.717) is 16.1 Å². The zero-order valence-electron chi connectivity index (χ0n) is 7.03. The van der Waals surface area contributed by atoms with Crippen LogP contribution < -0.4 is 5.73 Å². The fourth-order valence-electron chi connectivity index (χ4n) is 1.03. The first-order valence-electron chi connectivity index (χ1n) is 3.48. The van der Waals surface area contributed by atoms with Gasteiger partial charge in [-0.3, -0.25) is 0 Å². The summed E-state index contributed by atoms with van der Waals surface area (Å²) in [5.41, 5.74) is 6.69. The lowest BCUT2D eigenvalue weighted by molar-refractivity contribution is 0.601. The highest BCUT2D eigenvalue weighted by Gasteiger charge is 2.10. The molecule has 0 amide bonds. The second-order valence-corrected chi connectivity index (χ2v) is 4.73. The Balaban J connectivity index is 3.47. The summed E-state index contributed by atoms with van der Waals surface area (Å²) in [6.45, 7) is 1.70. The van der Waals surface area contributed by atoms with E-state index in [9.17, 15) is 8.42 Å². The molecule has 1 aromatic rings. The maximum absolute atomic E-state index is 11.2. The van der Waals surface area contributed by atoms with Crippen molar-refractivity contribution in [3.8, 4) is 0 Å². The summed E-state index contributed by atoms with van der Waals surface area (Å²) in [5, 5.41) is 0. The van der Waals surface area contributed by atoms with Crippen LogP contribution in [-0.4, -0.2) is 14.7 Å². The van der Waals surface area contributed by atoms with Crippen molar-refractivity contribution in [1.29, 1.82) is 0 Å². The molecule has 0 aliphatic rings. The van der Waals surface area contributed by atoms with E-state index in [1.54, 1.807) is 25.1 Å². The molecule has 0 radical (unpaired) electrons. The topological polar surface area (TPSA) is 60.2 Å². The normalized spacial score (nSPS) is 11.5. The second kappa shape index (κ2) is 2.79. The Kier molecular flexibility index (Phi) is 2.10. The predicted octanol–water partition coefficient (Wildman–Crippen LogP) is 0.981. The van der Waals surface area contributed by atoms with Gasteiger partial charge in [-0.1, -0.05) is 6.07 Å². The molecule has 0 aliphatic carbocycles. The van der Waals surface area contributed by atoms with Gasteiger partial charge in [0, 0.05) is 11.9 Å². The van der Waals surface area contributed by atoms with Gasteiger partial charge in [0.1, 0.15) is 0 Å². The maximum atomic E-state index is 11.2. The molecule has 0 saturated heterocycles. The summed E-state index contributed by atoms with van der Waals surface area (Å²) in [4.78, 5) is 0.308. The number of rotatable bonds is 1. The van der Waals surface area contributed by atoms with E-state index in [4.69, 9.17) is 5.73 Å². The zero-order valence-corrected chi connectivity index (χ0v) is 7.85. The number of hydrogen-bond acceptors (Lipinski definition) is 3. The Morgan fingerprint density at radius 2 is 1.92 bits per heavy atom. The van der Waals surface area contributed by atoms with Crippen LogP contribution in [0.25, 0.3) is 0 Å². The molecule has 0 unspecified atom stereocenters. The summed E-state index contributed by atoms with van der Waals surface area (Å²) in [5.74, 6) is 0. The van der Waals surface area contributed by atoms with Crippen LogP contribution in [-0.2, 0) is 9.84 Å². The van der Waals surface area contributed by atoms with E-state index in [-0.39, 0.29) is 0 Å². The minimum absolute atomic E-state index is 0.308. The molecule has 66 valence electrons. The van der Waals surface area contributed by atoms with E-state index < -0.39 is 9.84 Å². The summed E-state index contributed by atoms with van der Waals surface area (Å²) in [6, 6.07) is 4.88. The number of nitrogens with two attached hydrogens (primary N) is 1. The monoisotopic (exact) mass is 185 g/mol. The molecule has 0 fully saturated rings. The molecule has 0 aromatic heterocycles. The second-order valence-electron chi connectivity index (χ2n) is 2.74. The smallest absolute Gasteiger partial charge is 0.175 e. The van der Waals surface area contributed by atoms with Crippen LogP contribution in [0.1, 0.15) is 5.56 Å². The van der Waals surface area contributed by atoms with E-state index in [1.165, 1.54) is 6.26 Å². The van der Waals surface area contributed by atoms with E-state index in [0.717, 1.165) is 0 Å². The molecule has 3 nitrogen and oxygen atoms in total. The third-order valence-corrected chi connectivity index (χ3v) is 2.97. The van der Waals surface area contributed by atoms with E-state index >= 15 is 0 Å². The molecular formula is C8H11NO2S. The Morgan fingerprint density at radius 1 is 1.33 bits per heavy atom. The van der Waals surface area contributed by atoms with Gasteiger partial charge in [0.25, 0.3) is 0 Å². The van der Waals surface area contributed by atoms with Crippen LogP contribution in [0.5, 0.6) is 0 Å². The Hall–Kier alpha value is -1.03. The van der Waals surface area contributed by atoms with Gasteiger partial charge >= 0.3 is 0 Å². The van der Waals surface area contributed by atoms with Crippen molar-refractivity contribution >= 4 is 15.5 Å². The van der Waals surface area contributed by atoms with Gasteiger partial charge in [-0.05, 0) is 24.6 Å². The molecule has 0 saturated carbocycles. The quantitative estimate of drug-likeness (QED) is 0.663. The Labute approximate surface area is 72.1 Å². The molecule has 0 heterocycles. The van der Waals surface area contributed by atoms with Crippen LogP contribution in [0.3, 0.4) is 0 Å². The van der Waals surface area contributed by atoms with Crippen molar-refractivity contribution in [2.75, 3.05) is 12.0 Å². The number of nitrogen functional groups attached to an aromatic ring is 1. The average Bonchev–Trinajstić information content (AvgIpc) is 1.92. The molecule has 12 heavy (non-hydrogen) atoms. The van der Waals surface area contributed by atoms with Gasteiger partial charge in [-0.15, -0.1) is 0 Å². The fraction of sp³-hybridized carbons (Fsp3) is 0.250. The molecule has 0 spiro atoms. The lowest BCUT2D eigenvalue weighted by atomic mass is 10.2. The van der Waals surface area contributed by atoms with Gasteiger partial charge in [-0.2, -0.15) is 0 Å². The number of hydrogen-bond donors (Lipinski definition) is 1. The van der Waals surface area contributed by atoms with Crippen molar-refractivity contribution in [2.24, 2.45) is 0 Å². The SMILES string of the molecule is Cc1c(N)cccc1S(C)(=O)=O. The van der Waals surface area contributed by atoms with Gasteiger partial charge in [0.15, 0.2) is 9.84 Å². The summed E-state index contributed by atoms with van der Waals surface area (Å²) in [6.07, 6.45) is 1.18. The number of benzene rings is 1. The van der Waals surface area contributed by atoms with Gasteiger partial charge in [0.2, 0.25) is 0 Å². The summed E-state index contributed by atoms with van der Waals surface area (Å²) in [7, 11) is -3.14. The minimum atomic E-state index is -3.14. The van der Waals surface area contributed by atoms with Crippen LogP contribution in [0.4, 0.5) is 5.69 Å². The third kappa shape index (κ3) is 1.58. The van der Waals surface area contributed by atoms with Crippen LogP contribution in [0.15, 0.2) is 23.1 Å². The van der Waals surface area contributed by atoms with Crippen molar-refractivity contribution in [3.05, 3.63) is 23.8 Å². The van der Waals surface area contributed by atoms with Crippen molar-refractivity contribution < 1.29 is 8.42 Å².